The van der Waals surface area contributed by atoms with Crippen molar-refractivity contribution in [3.05, 3.63) is 63.1 Å². The van der Waals surface area contributed by atoms with Crippen LogP contribution in [0.15, 0.2) is 42.5 Å². The SMILES string of the molecule is CC(C)NC(=O)N1CC(=O)N(c2cc(Cl)cc(Cl)c2)C1=O.CCN(CC)C(=O)SCc1ccc(Cl)cc1. The number of nitrogens with zero attached hydrogens (tertiary/aromatic N) is 3. The van der Waals surface area contributed by atoms with Gasteiger partial charge in [0, 0.05) is 40.0 Å². The van der Waals surface area contributed by atoms with E-state index in [1.807, 2.05) is 43.0 Å². The predicted molar refractivity (Wildman–Crippen MR) is 151 cm³/mol. The number of anilines is 1. The zero-order valence-corrected chi connectivity index (χ0v) is 24.0. The van der Waals surface area contributed by atoms with Crippen molar-refractivity contribution in [3.8, 4) is 0 Å². The van der Waals surface area contributed by atoms with Gasteiger partial charge in [0.1, 0.15) is 6.54 Å². The average Bonchev–Trinajstić information content (AvgIpc) is 3.12. The minimum atomic E-state index is -0.725. The van der Waals surface area contributed by atoms with Crippen molar-refractivity contribution < 1.29 is 19.2 Å². The van der Waals surface area contributed by atoms with Crippen molar-refractivity contribution >= 4 is 75.5 Å². The molecule has 1 N–H and O–H groups in total. The van der Waals surface area contributed by atoms with E-state index in [4.69, 9.17) is 34.8 Å². The van der Waals surface area contributed by atoms with E-state index in [0.717, 1.165) is 33.5 Å². The monoisotopic (exact) mass is 586 g/mol. The number of halogens is 3. The Morgan fingerprint density at radius 2 is 1.54 bits per heavy atom. The molecule has 0 aromatic heterocycles. The van der Waals surface area contributed by atoms with Gasteiger partial charge in [-0.25, -0.2) is 19.4 Å². The van der Waals surface area contributed by atoms with E-state index in [1.54, 1.807) is 13.8 Å². The minimum absolute atomic E-state index is 0.139. The number of thioether (sulfide) groups is 1. The summed E-state index contributed by atoms with van der Waals surface area (Å²) in [5, 5.41) is 4.02. The molecule has 0 spiro atoms. The van der Waals surface area contributed by atoms with Gasteiger partial charge in [0.2, 0.25) is 0 Å². The van der Waals surface area contributed by atoms with Crippen LogP contribution in [0.5, 0.6) is 0 Å². The standard InChI is InChI=1S/C13H13Cl2N3O3.C12H16ClNOS/c1-7(2)16-12(20)17-6-11(19)18(13(17)21)10-4-8(14)3-9(15)5-10;1-3-14(4-2)12(15)16-9-10-5-7-11(13)8-6-10/h3-5,7H,6H2,1-2H3,(H,16,20);5-8H,3-4,9H2,1-2H3. The Morgan fingerprint density at radius 3 is 2.05 bits per heavy atom. The first-order chi connectivity index (χ1) is 17.5. The van der Waals surface area contributed by atoms with Crippen LogP contribution in [0.4, 0.5) is 20.1 Å². The molecule has 2 aromatic carbocycles. The minimum Gasteiger partial charge on any atom is -0.335 e. The van der Waals surface area contributed by atoms with Gasteiger partial charge in [0.05, 0.1) is 5.69 Å². The first kappa shape index (κ1) is 30.8. The van der Waals surface area contributed by atoms with Crippen LogP contribution < -0.4 is 10.2 Å². The number of hydrogen-bond donors (Lipinski definition) is 1. The number of imide groups is 2. The first-order valence-corrected chi connectivity index (χ1v) is 13.7. The van der Waals surface area contributed by atoms with Gasteiger partial charge in [-0.2, -0.15) is 0 Å². The van der Waals surface area contributed by atoms with Crippen molar-refractivity contribution in [2.75, 3.05) is 24.5 Å². The van der Waals surface area contributed by atoms with Crippen LogP contribution >= 0.6 is 46.6 Å². The smallest absolute Gasteiger partial charge is 0.335 e. The van der Waals surface area contributed by atoms with Crippen LogP contribution in [0.25, 0.3) is 0 Å². The van der Waals surface area contributed by atoms with E-state index in [9.17, 15) is 19.2 Å². The summed E-state index contributed by atoms with van der Waals surface area (Å²) in [4.78, 5) is 51.4. The summed E-state index contributed by atoms with van der Waals surface area (Å²) in [5.74, 6) is 0.184. The topological polar surface area (TPSA) is 90.0 Å². The molecule has 8 nitrogen and oxygen atoms in total. The fourth-order valence-electron chi connectivity index (χ4n) is 3.21. The van der Waals surface area contributed by atoms with E-state index in [2.05, 4.69) is 5.32 Å². The van der Waals surface area contributed by atoms with Crippen molar-refractivity contribution in [1.82, 2.24) is 15.1 Å². The van der Waals surface area contributed by atoms with Gasteiger partial charge in [0.25, 0.3) is 11.1 Å². The van der Waals surface area contributed by atoms with E-state index >= 15 is 0 Å². The summed E-state index contributed by atoms with van der Waals surface area (Å²) >= 11 is 18.9. The number of amides is 6. The third kappa shape index (κ3) is 9.10. The molecule has 200 valence electrons. The van der Waals surface area contributed by atoms with Crippen LogP contribution in [0, 0.1) is 0 Å². The van der Waals surface area contributed by atoms with Crippen LogP contribution in [0.3, 0.4) is 0 Å². The maximum Gasteiger partial charge on any atom is 0.340 e. The summed E-state index contributed by atoms with van der Waals surface area (Å²) in [6, 6.07) is 10.5. The first-order valence-electron chi connectivity index (χ1n) is 11.5. The maximum atomic E-state index is 12.2. The lowest BCUT2D eigenvalue weighted by Crippen LogP contribution is -2.45. The lowest BCUT2D eigenvalue weighted by Gasteiger charge is -2.18. The second-order valence-corrected chi connectivity index (χ2v) is 10.4. The number of carbonyl (C=O) groups is 4. The number of hydrogen-bond acceptors (Lipinski definition) is 5. The molecule has 0 saturated carbocycles. The van der Waals surface area contributed by atoms with E-state index < -0.39 is 18.0 Å². The molecule has 1 saturated heterocycles. The molecule has 1 aliphatic rings. The van der Waals surface area contributed by atoms with Crippen molar-refractivity contribution in [3.63, 3.8) is 0 Å². The molecular weight excluding hydrogens is 559 g/mol. The van der Waals surface area contributed by atoms with Crippen molar-refractivity contribution in [1.29, 1.82) is 0 Å². The largest absolute Gasteiger partial charge is 0.340 e. The second-order valence-electron chi connectivity index (χ2n) is 8.18. The summed E-state index contributed by atoms with van der Waals surface area (Å²) in [5.41, 5.74) is 1.36. The fourth-order valence-corrected chi connectivity index (χ4v) is 4.77. The zero-order chi connectivity index (χ0) is 27.7. The Balaban J connectivity index is 0.000000271. The van der Waals surface area contributed by atoms with Gasteiger partial charge >= 0.3 is 12.1 Å². The summed E-state index contributed by atoms with van der Waals surface area (Å²) in [6.45, 7) is 8.71. The van der Waals surface area contributed by atoms with Gasteiger partial charge < -0.3 is 10.2 Å². The van der Waals surface area contributed by atoms with Gasteiger partial charge in [0.15, 0.2) is 0 Å². The molecule has 0 atom stereocenters. The van der Waals surface area contributed by atoms with E-state index in [0.29, 0.717) is 15.8 Å². The molecule has 0 aliphatic carbocycles. The van der Waals surface area contributed by atoms with Crippen LogP contribution in [0.1, 0.15) is 33.3 Å². The van der Waals surface area contributed by atoms with E-state index in [-0.39, 0.29) is 23.5 Å². The Morgan fingerprint density at radius 1 is 0.973 bits per heavy atom. The molecule has 12 heteroatoms. The maximum absolute atomic E-state index is 12.2. The molecule has 1 heterocycles. The number of urea groups is 2. The molecule has 0 bridgehead atoms. The quantitative estimate of drug-likeness (QED) is 0.371. The molecule has 1 fully saturated rings. The number of carbonyl (C=O) groups excluding carboxylic acids is 4. The second kappa shape index (κ2) is 14.5. The van der Waals surface area contributed by atoms with Crippen LogP contribution in [-0.4, -0.2) is 58.7 Å². The molecule has 3 rings (SSSR count). The fraction of sp³-hybridized carbons (Fsp3) is 0.360. The molecule has 0 unspecified atom stereocenters. The summed E-state index contributed by atoms with van der Waals surface area (Å²) in [7, 11) is 0. The molecular formula is C25H29Cl3N4O4S. The highest BCUT2D eigenvalue weighted by Gasteiger charge is 2.41. The van der Waals surface area contributed by atoms with Gasteiger partial charge in [-0.3, -0.25) is 9.59 Å². The molecule has 2 aromatic rings. The normalized spacial score (nSPS) is 13.0. The van der Waals surface area contributed by atoms with Crippen LogP contribution in [-0.2, 0) is 10.5 Å². The predicted octanol–water partition coefficient (Wildman–Crippen LogP) is 6.92. The average molecular weight is 588 g/mol. The number of benzene rings is 2. The Bertz CT molecular complexity index is 1110. The van der Waals surface area contributed by atoms with Gasteiger partial charge in [-0.1, -0.05) is 58.7 Å². The molecule has 1 aliphatic heterocycles. The van der Waals surface area contributed by atoms with E-state index in [1.165, 1.54) is 30.0 Å². The Hall–Kier alpha value is -2.46. The highest BCUT2D eigenvalue weighted by Crippen LogP contribution is 2.28. The lowest BCUT2D eigenvalue weighted by molar-refractivity contribution is -0.116. The third-order valence-corrected chi connectivity index (χ3v) is 6.70. The van der Waals surface area contributed by atoms with Crippen LogP contribution in [0.2, 0.25) is 15.1 Å². The van der Waals surface area contributed by atoms with Crippen molar-refractivity contribution in [2.45, 2.75) is 39.5 Å². The number of rotatable bonds is 6. The highest BCUT2D eigenvalue weighted by atomic mass is 35.5. The Labute approximate surface area is 236 Å². The molecule has 37 heavy (non-hydrogen) atoms. The highest BCUT2D eigenvalue weighted by molar-refractivity contribution is 8.12. The van der Waals surface area contributed by atoms with Crippen molar-refractivity contribution in [2.24, 2.45) is 0 Å². The summed E-state index contributed by atoms with van der Waals surface area (Å²) in [6.07, 6.45) is 0. The number of nitrogens with one attached hydrogen (secondary N) is 1. The molecule has 0 radical (unpaired) electrons. The third-order valence-electron chi connectivity index (χ3n) is 5.02. The lowest BCUT2D eigenvalue weighted by atomic mass is 10.2. The Kier molecular flexibility index (Phi) is 12.0. The zero-order valence-electron chi connectivity index (χ0n) is 21.0. The summed E-state index contributed by atoms with van der Waals surface area (Å²) < 4.78 is 0. The van der Waals surface area contributed by atoms with Gasteiger partial charge in [-0.05, 0) is 63.6 Å². The van der Waals surface area contributed by atoms with Gasteiger partial charge in [-0.15, -0.1) is 0 Å². The molecule has 6 amide bonds.